The number of hydrogen-bond acceptors (Lipinski definition) is 4. The first-order valence-corrected chi connectivity index (χ1v) is 8.01. The summed E-state index contributed by atoms with van der Waals surface area (Å²) in [5.41, 5.74) is 0.421. The molecule has 0 saturated heterocycles. The van der Waals surface area contributed by atoms with Gasteiger partial charge in [0.25, 0.3) is 10.0 Å². The molecule has 1 aliphatic rings. The number of ether oxygens (including phenoxy) is 2. The summed E-state index contributed by atoms with van der Waals surface area (Å²) in [6.45, 7) is 0.149. The minimum Gasteiger partial charge on any atom is -0.454 e. The molecule has 0 atom stereocenters. The van der Waals surface area contributed by atoms with Crippen molar-refractivity contribution in [2.45, 2.75) is 4.90 Å². The predicted molar refractivity (Wildman–Crippen MR) is 77.5 cm³/mol. The third-order valence-electron chi connectivity index (χ3n) is 2.75. The van der Waals surface area contributed by atoms with Crippen molar-refractivity contribution >= 4 is 31.6 Å². The minimum absolute atomic E-state index is 0.149. The van der Waals surface area contributed by atoms with Crippen LogP contribution in [-0.2, 0) is 10.0 Å². The maximum absolute atomic E-state index is 12.3. The van der Waals surface area contributed by atoms with Gasteiger partial charge in [-0.1, -0.05) is 12.1 Å². The molecule has 0 spiro atoms. The molecule has 0 unspecified atom stereocenters. The van der Waals surface area contributed by atoms with Gasteiger partial charge in [0.15, 0.2) is 11.5 Å². The van der Waals surface area contributed by atoms with Crippen molar-refractivity contribution in [1.82, 2.24) is 0 Å². The van der Waals surface area contributed by atoms with Crippen molar-refractivity contribution in [3.8, 4) is 11.5 Å². The monoisotopic (exact) mass is 355 g/mol. The molecule has 0 saturated carbocycles. The van der Waals surface area contributed by atoms with E-state index in [1.807, 2.05) is 0 Å². The number of sulfonamides is 1. The molecular formula is C13H10BrNO4S. The lowest BCUT2D eigenvalue weighted by Crippen LogP contribution is -2.13. The number of benzene rings is 2. The van der Waals surface area contributed by atoms with Gasteiger partial charge < -0.3 is 9.47 Å². The number of halogens is 1. The van der Waals surface area contributed by atoms with Crippen LogP contribution >= 0.6 is 15.9 Å². The first-order chi connectivity index (χ1) is 9.56. The lowest BCUT2D eigenvalue weighted by molar-refractivity contribution is 0.174. The molecule has 7 heteroatoms. The van der Waals surface area contributed by atoms with E-state index >= 15 is 0 Å². The third kappa shape index (κ3) is 2.46. The second kappa shape index (κ2) is 4.99. The summed E-state index contributed by atoms with van der Waals surface area (Å²) in [4.78, 5) is 0.178. The van der Waals surface area contributed by atoms with Crippen LogP contribution in [0.3, 0.4) is 0 Å². The van der Waals surface area contributed by atoms with Gasteiger partial charge >= 0.3 is 0 Å². The van der Waals surface area contributed by atoms with Crippen LogP contribution in [-0.4, -0.2) is 15.2 Å². The highest BCUT2D eigenvalue weighted by atomic mass is 79.9. The van der Waals surface area contributed by atoms with E-state index in [4.69, 9.17) is 9.47 Å². The van der Waals surface area contributed by atoms with Crippen molar-refractivity contribution in [3.63, 3.8) is 0 Å². The largest absolute Gasteiger partial charge is 0.454 e. The Morgan fingerprint density at radius 2 is 1.80 bits per heavy atom. The van der Waals surface area contributed by atoms with Crippen LogP contribution < -0.4 is 14.2 Å². The quantitative estimate of drug-likeness (QED) is 0.918. The minimum atomic E-state index is -3.65. The van der Waals surface area contributed by atoms with Crippen LogP contribution in [0.5, 0.6) is 11.5 Å². The summed E-state index contributed by atoms with van der Waals surface area (Å²) < 4.78 is 38.0. The van der Waals surface area contributed by atoms with Crippen LogP contribution in [0.4, 0.5) is 5.69 Å². The smallest absolute Gasteiger partial charge is 0.263 e. The van der Waals surface area contributed by atoms with Gasteiger partial charge in [-0.2, -0.15) is 0 Å². The van der Waals surface area contributed by atoms with Crippen LogP contribution in [0, 0.1) is 0 Å². The van der Waals surface area contributed by atoms with Gasteiger partial charge in [0.05, 0.1) is 5.69 Å². The van der Waals surface area contributed by atoms with E-state index in [2.05, 4.69) is 20.7 Å². The Morgan fingerprint density at radius 1 is 1.05 bits per heavy atom. The second-order valence-corrected chi connectivity index (χ2v) is 6.61. The van der Waals surface area contributed by atoms with E-state index in [1.54, 1.807) is 36.4 Å². The molecule has 1 aliphatic heterocycles. The Labute approximate surface area is 124 Å². The molecule has 3 rings (SSSR count). The summed E-state index contributed by atoms with van der Waals surface area (Å²) in [6.07, 6.45) is 0. The van der Waals surface area contributed by atoms with E-state index < -0.39 is 10.0 Å². The van der Waals surface area contributed by atoms with Gasteiger partial charge in [-0.25, -0.2) is 8.42 Å². The maximum atomic E-state index is 12.3. The number of fused-ring (bicyclic) bond motifs is 1. The molecule has 0 radical (unpaired) electrons. The molecule has 2 aromatic carbocycles. The fourth-order valence-corrected chi connectivity index (χ4v) is 3.89. The molecule has 20 heavy (non-hydrogen) atoms. The SMILES string of the molecule is O=S(=O)(Nc1ccc2c(c1)OCO2)c1ccccc1Br. The highest BCUT2D eigenvalue weighted by Gasteiger charge is 2.19. The number of nitrogens with one attached hydrogen (secondary N) is 1. The van der Waals surface area contributed by atoms with E-state index in [0.717, 1.165) is 0 Å². The lowest BCUT2D eigenvalue weighted by Gasteiger charge is -2.09. The average molecular weight is 356 g/mol. The summed E-state index contributed by atoms with van der Waals surface area (Å²) in [7, 11) is -3.65. The Hall–Kier alpha value is -1.73. The van der Waals surface area contributed by atoms with Gasteiger partial charge in [0.1, 0.15) is 4.90 Å². The second-order valence-electron chi connectivity index (χ2n) is 4.10. The zero-order chi connectivity index (χ0) is 14.2. The van der Waals surface area contributed by atoms with E-state index in [1.165, 1.54) is 6.07 Å². The first kappa shape index (κ1) is 13.3. The molecule has 0 aliphatic carbocycles. The van der Waals surface area contributed by atoms with Crippen molar-refractivity contribution in [2.75, 3.05) is 11.5 Å². The van der Waals surface area contributed by atoms with Gasteiger partial charge in [-0.05, 0) is 40.2 Å². The van der Waals surface area contributed by atoms with Gasteiger partial charge in [0.2, 0.25) is 6.79 Å². The average Bonchev–Trinajstić information content (AvgIpc) is 2.86. The molecule has 0 amide bonds. The molecule has 104 valence electrons. The summed E-state index contributed by atoms with van der Waals surface area (Å²) in [5, 5.41) is 0. The topological polar surface area (TPSA) is 64.6 Å². The lowest BCUT2D eigenvalue weighted by atomic mass is 10.3. The highest BCUT2D eigenvalue weighted by Crippen LogP contribution is 2.35. The number of hydrogen-bond donors (Lipinski definition) is 1. The zero-order valence-corrected chi connectivity index (χ0v) is 12.6. The zero-order valence-electron chi connectivity index (χ0n) is 10.2. The van der Waals surface area contributed by atoms with Gasteiger partial charge in [-0.3, -0.25) is 4.72 Å². The predicted octanol–water partition coefficient (Wildman–Crippen LogP) is 2.98. The Balaban J connectivity index is 1.93. The molecule has 2 aromatic rings. The molecule has 1 heterocycles. The molecule has 0 aromatic heterocycles. The standard InChI is InChI=1S/C13H10BrNO4S/c14-10-3-1-2-4-13(10)20(16,17)15-9-5-6-11-12(7-9)19-8-18-11/h1-7,15H,8H2. The molecular weight excluding hydrogens is 346 g/mol. The fourth-order valence-electron chi connectivity index (χ4n) is 1.83. The Bertz CT molecular complexity index is 761. The van der Waals surface area contributed by atoms with Crippen molar-refractivity contribution in [3.05, 3.63) is 46.9 Å². The number of rotatable bonds is 3. The Morgan fingerprint density at radius 3 is 2.60 bits per heavy atom. The van der Waals surface area contributed by atoms with E-state index in [0.29, 0.717) is 21.7 Å². The highest BCUT2D eigenvalue weighted by molar-refractivity contribution is 9.10. The molecule has 0 fully saturated rings. The van der Waals surface area contributed by atoms with Crippen LogP contribution in [0.2, 0.25) is 0 Å². The molecule has 0 bridgehead atoms. The Kier molecular flexibility index (Phi) is 3.31. The summed E-state index contributed by atoms with van der Waals surface area (Å²) >= 11 is 3.23. The molecule has 1 N–H and O–H groups in total. The van der Waals surface area contributed by atoms with Crippen molar-refractivity contribution in [2.24, 2.45) is 0 Å². The van der Waals surface area contributed by atoms with Crippen molar-refractivity contribution < 1.29 is 17.9 Å². The maximum Gasteiger partial charge on any atom is 0.263 e. The van der Waals surface area contributed by atoms with Crippen molar-refractivity contribution in [1.29, 1.82) is 0 Å². The number of anilines is 1. The third-order valence-corrected chi connectivity index (χ3v) is 5.14. The first-order valence-electron chi connectivity index (χ1n) is 5.73. The van der Waals surface area contributed by atoms with Gasteiger partial charge in [-0.15, -0.1) is 0 Å². The normalized spacial score (nSPS) is 13.2. The van der Waals surface area contributed by atoms with Crippen LogP contribution in [0.25, 0.3) is 0 Å². The molecule has 5 nitrogen and oxygen atoms in total. The van der Waals surface area contributed by atoms with Crippen LogP contribution in [0.1, 0.15) is 0 Å². The van der Waals surface area contributed by atoms with E-state index in [9.17, 15) is 8.42 Å². The van der Waals surface area contributed by atoms with E-state index in [-0.39, 0.29) is 11.7 Å². The summed E-state index contributed by atoms with van der Waals surface area (Å²) in [5.74, 6) is 1.13. The van der Waals surface area contributed by atoms with Crippen LogP contribution in [0.15, 0.2) is 51.8 Å². The fraction of sp³-hybridized carbons (Fsp3) is 0.0769. The van der Waals surface area contributed by atoms with Gasteiger partial charge in [0, 0.05) is 10.5 Å². The summed E-state index contributed by atoms with van der Waals surface area (Å²) in [6, 6.07) is 11.5.